The number of nitro groups is 1. The number of halogens is 1. The molecule has 0 radical (unpaired) electrons. The van der Waals surface area contributed by atoms with Crippen molar-refractivity contribution in [3.63, 3.8) is 0 Å². The van der Waals surface area contributed by atoms with Crippen LogP contribution in [0.4, 0.5) is 10.1 Å². The number of carboxylic acid groups (broad SMARTS) is 1. The van der Waals surface area contributed by atoms with E-state index in [0.717, 1.165) is 6.07 Å². The van der Waals surface area contributed by atoms with Crippen LogP contribution in [0.5, 0.6) is 5.75 Å². The summed E-state index contributed by atoms with van der Waals surface area (Å²) in [6, 6.07) is 3.99. The quantitative estimate of drug-likeness (QED) is 0.626. The van der Waals surface area contributed by atoms with Crippen molar-refractivity contribution in [1.29, 1.82) is 0 Å². The Morgan fingerprint density at radius 1 is 1.62 bits per heavy atom. The van der Waals surface area contributed by atoms with Gasteiger partial charge in [-0.25, -0.2) is 4.79 Å². The van der Waals surface area contributed by atoms with E-state index >= 15 is 0 Å². The molecule has 1 atom stereocenters. The van der Waals surface area contributed by atoms with Crippen LogP contribution in [-0.2, 0) is 4.79 Å². The van der Waals surface area contributed by atoms with Crippen LogP contribution >= 0.6 is 0 Å². The lowest BCUT2D eigenvalue weighted by molar-refractivity contribution is -0.386. The molecule has 0 amide bonds. The van der Waals surface area contributed by atoms with Gasteiger partial charge in [0.2, 0.25) is 5.75 Å². The summed E-state index contributed by atoms with van der Waals surface area (Å²) in [5, 5.41) is 18.9. The smallest absolute Gasteiger partial charge is 0.378 e. The third-order valence-corrected chi connectivity index (χ3v) is 1.81. The predicted octanol–water partition coefficient (Wildman–Crippen LogP) is 1.66. The first kappa shape index (κ1) is 11.9. The van der Waals surface area contributed by atoms with Crippen LogP contribution in [0, 0.1) is 17.0 Å². The Hall–Kier alpha value is -2.18. The fourth-order valence-electron chi connectivity index (χ4n) is 1.12. The fraction of sp³-hybridized carbons (Fsp3) is 0.222. The maximum absolute atomic E-state index is 12.7. The highest BCUT2D eigenvalue weighted by molar-refractivity contribution is 5.71. The number of carbonyl (C=O) groups is 1. The molecule has 0 saturated carbocycles. The first-order chi connectivity index (χ1) is 7.43. The van der Waals surface area contributed by atoms with Crippen molar-refractivity contribution in [2.45, 2.75) is 13.3 Å². The predicted molar refractivity (Wildman–Crippen MR) is 51.0 cm³/mol. The zero-order valence-corrected chi connectivity index (χ0v) is 8.21. The summed E-state index contributed by atoms with van der Waals surface area (Å²) in [5.74, 6) is -2.24. The Morgan fingerprint density at radius 2 is 2.25 bits per heavy atom. The Morgan fingerprint density at radius 3 is 2.75 bits per heavy atom. The van der Waals surface area contributed by atoms with Gasteiger partial charge in [-0.15, -0.1) is 0 Å². The fourth-order valence-corrected chi connectivity index (χ4v) is 1.12. The van der Waals surface area contributed by atoms with Crippen molar-refractivity contribution in [2.75, 3.05) is 0 Å². The number of hydrogen-bond donors (Lipinski definition) is 1. The van der Waals surface area contributed by atoms with Gasteiger partial charge in [0.25, 0.3) is 0 Å². The highest BCUT2D eigenvalue weighted by atomic mass is 19.1. The Labute approximate surface area is 89.4 Å². The second-order valence-electron chi connectivity index (χ2n) is 2.95. The Bertz CT molecular complexity index is 434. The van der Waals surface area contributed by atoms with Crippen LogP contribution in [0.25, 0.3) is 0 Å². The number of ether oxygens (including phenoxy) is 1. The molecular formula is C9H8FNO5. The standard InChI is InChI=1S/C9H8FNO5/c1-5-3-2-4-6(7(5)11(14)15)16-8(10)9(12)13/h2-4,8H,1H3,(H,12,13). The van der Waals surface area contributed by atoms with Crippen LogP contribution in [0.1, 0.15) is 5.56 Å². The van der Waals surface area contributed by atoms with Gasteiger partial charge in [-0.2, -0.15) is 4.39 Å². The SMILES string of the molecule is Cc1cccc(OC(F)C(=O)O)c1[N+](=O)[O-]. The van der Waals surface area contributed by atoms with Gasteiger partial charge in [-0.3, -0.25) is 10.1 Å². The Balaban J connectivity index is 3.09. The Kier molecular flexibility index (Phi) is 3.39. The van der Waals surface area contributed by atoms with Gasteiger partial charge in [0, 0.05) is 5.56 Å². The molecule has 0 aliphatic rings. The minimum atomic E-state index is -2.62. The molecule has 0 aliphatic carbocycles. The molecule has 86 valence electrons. The first-order valence-corrected chi connectivity index (χ1v) is 4.21. The number of carboxylic acids is 1. The number of aliphatic carboxylic acids is 1. The van der Waals surface area contributed by atoms with E-state index < -0.39 is 28.7 Å². The second-order valence-corrected chi connectivity index (χ2v) is 2.95. The molecule has 1 N–H and O–H groups in total. The maximum Gasteiger partial charge on any atom is 0.378 e. The van der Waals surface area contributed by atoms with Gasteiger partial charge in [0.15, 0.2) is 0 Å². The normalized spacial score (nSPS) is 11.9. The summed E-state index contributed by atoms with van der Waals surface area (Å²) in [7, 11) is 0. The second kappa shape index (κ2) is 4.56. The monoisotopic (exact) mass is 229 g/mol. The molecule has 1 rings (SSSR count). The zero-order chi connectivity index (χ0) is 12.3. The number of rotatable bonds is 4. The number of benzene rings is 1. The van der Waals surface area contributed by atoms with E-state index in [1.54, 1.807) is 0 Å². The van der Waals surface area contributed by atoms with Gasteiger partial charge >= 0.3 is 18.0 Å². The van der Waals surface area contributed by atoms with Crippen LogP contribution in [-0.4, -0.2) is 22.4 Å². The van der Waals surface area contributed by atoms with E-state index in [2.05, 4.69) is 4.74 Å². The van der Waals surface area contributed by atoms with Gasteiger partial charge in [0.05, 0.1) is 4.92 Å². The van der Waals surface area contributed by atoms with Gasteiger partial charge in [-0.1, -0.05) is 12.1 Å². The molecule has 0 aliphatic heterocycles. The molecule has 0 aromatic heterocycles. The molecule has 1 aromatic rings. The minimum Gasteiger partial charge on any atom is -0.476 e. The maximum atomic E-state index is 12.7. The molecule has 1 unspecified atom stereocenters. The molecular weight excluding hydrogens is 221 g/mol. The minimum absolute atomic E-state index is 0.264. The van der Waals surface area contributed by atoms with Crippen molar-refractivity contribution in [3.05, 3.63) is 33.9 Å². The third-order valence-electron chi connectivity index (χ3n) is 1.81. The van der Waals surface area contributed by atoms with Gasteiger partial charge < -0.3 is 9.84 Å². The summed E-state index contributed by atoms with van der Waals surface area (Å²) in [5.41, 5.74) is -0.175. The molecule has 6 nitrogen and oxygen atoms in total. The molecule has 0 fully saturated rings. The number of nitro benzene ring substituents is 1. The molecule has 16 heavy (non-hydrogen) atoms. The van der Waals surface area contributed by atoms with E-state index in [1.165, 1.54) is 19.1 Å². The number of para-hydroxylation sites is 1. The zero-order valence-electron chi connectivity index (χ0n) is 8.21. The van der Waals surface area contributed by atoms with E-state index in [4.69, 9.17) is 5.11 Å². The van der Waals surface area contributed by atoms with Crippen LogP contribution in [0.15, 0.2) is 18.2 Å². The van der Waals surface area contributed by atoms with E-state index in [0.29, 0.717) is 0 Å². The first-order valence-electron chi connectivity index (χ1n) is 4.21. The average molecular weight is 229 g/mol. The van der Waals surface area contributed by atoms with E-state index in [-0.39, 0.29) is 5.56 Å². The summed E-state index contributed by atoms with van der Waals surface area (Å²) >= 11 is 0. The molecule has 0 saturated heterocycles. The highest BCUT2D eigenvalue weighted by Gasteiger charge is 2.24. The lowest BCUT2D eigenvalue weighted by Gasteiger charge is -2.08. The molecule has 1 aromatic carbocycles. The molecule has 0 bridgehead atoms. The lowest BCUT2D eigenvalue weighted by Crippen LogP contribution is -2.21. The van der Waals surface area contributed by atoms with Crippen LogP contribution < -0.4 is 4.74 Å². The van der Waals surface area contributed by atoms with Crippen LogP contribution in [0.2, 0.25) is 0 Å². The number of aryl methyl sites for hydroxylation is 1. The summed E-state index contributed by atoms with van der Waals surface area (Å²) in [6.45, 7) is 1.44. The lowest BCUT2D eigenvalue weighted by atomic mass is 10.2. The van der Waals surface area contributed by atoms with Crippen molar-refractivity contribution in [1.82, 2.24) is 0 Å². The van der Waals surface area contributed by atoms with Crippen molar-refractivity contribution >= 4 is 11.7 Å². The van der Waals surface area contributed by atoms with Crippen LogP contribution in [0.3, 0.4) is 0 Å². The largest absolute Gasteiger partial charge is 0.476 e. The van der Waals surface area contributed by atoms with E-state index in [9.17, 15) is 19.3 Å². The topological polar surface area (TPSA) is 89.7 Å². The number of nitrogens with zero attached hydrogens (tertiary/aromatic N) is 1. The van der Waals surface area contributed by atoms with Gasteiger partial charge in [0.1, 0.15) is 0 Å². The average Bonchev–Trinajstić information content (AvgIpc) is 2.16. The van der Waals surface area contributed by atoms with E-state index in [1.807, 2.05) is 0 Å². The summed E-state index contributed by atoms with van der Waals surface area (Å²) in [6.07, 6.45) is -2.62. The summed E-state index contributed by atoms with van der Waals surface area (Å²) in [4.78, 5) is 20.1. The highest BCUT2D eigenvalue weighted by Crippen LogP contribution is 2.30. The number of alkyl halides is 1. The number of hydrogen-bond acceptors (Lipinski definition) is 4. The van der Waals surface area contributed by atoms with Crippen molar-refractivity contribution in [3.8, 4) is 5.75 Å². The van der Waals surface area contributed by atoms with Crippen molar-refractivity contribution < 1.29 is 24.0 Å². The molecule has 0 heterocycles. The molecule has 0 spiro atoms. The molecule has 7 heteroatoms. The van der Waals surface area contributed by atoms with Crippen molar-refractivity contribution in [2.24, 2.45) is 0 Å². The third kappa shape index (κ3) is 2.44. The summed E-state index contributed by atoms with van der Waals surface area (Å²) < 4.78 is 17.1. The van der Waals surface area contributed by atoms with Gasteiger partial charge in [-0.05, 0) is 13.0 Å².